The number of hydrogen-bond donors (Lipinski definition) is 0. The molecule has 1 aliphatic carbocycles. The number of allylic oxidation sites excluding steroid dienone is 4. The fourth-order valence-corrected chi connectivity index (χ4v) is 3.24. The molecular weight excluding hydrogens is 223 g/mol. The van der Waals surface area contributed by atoms with E-state index in [-0.39, 0.29) is 0 Å². The van der Waals surface area contributed by atoms with Crippen LogP contribution in [0.15, 0.2) is 53.0 Å². The van der Waals surface area contributed by atoms with E-state index in [0.717, 1.165) is 0 Å². The number of benzene rings is 1. The summed E-state index contributed by atoms with van der Waals surface area (Å²) in [5, 5.41) is 1.24. The summed E-state index contributed by atoms with van der Waals surface area (Å²) >= 11 is 0.658. The van der Waals surface area contributed by atoms with Crippen LogP contribution in [0, 0.1) is 0 Å². The minimum atomic E-state index is 0.658. The van der Waals surface area contributed by atoms with Crippen LogP contribution in [0.3, 0.4) is 0 Å². The van der Waals surface area contributed by atoms with Crippen LogP contribution < -0.4 is 0 Å². The van der Waals surface area contributed by atoms with E-state index in [4.69, 9.17) is 0 Å². The molecule has 0 nitrogen and oxygen atoms in total. The summed E-state index contributed by atoms with van der Waals surface area (Å²) < 4.78 is 1.62. The van der Waals surface area contributed by atoms with Gasteiger partial charge in [0, 0.05) is 0 Å². The second-order valence-electron chi connectivity index (χ2n) is 3.04. The van der Waals surface area contributed by atoms with Gasteiger partial charge in [-0.3, -0.25) is 0 Å². The van der Waals surface area contributed by atoms with Crippen LogP contribution in [0.2, 0.25) is 0 Å². The molecular formula is C12H12Se. The zero-order chi connectivity index (χ0) is 8.93. The molecule has 0 amide bonds. The Bertz CT molecular complexity index is 322. The topological polar surface area (TPSA) is 0 Å². The van der Waals surface area contributed by atoms with Gasteiger partial charge >= 0.3 is 85.3 Å². The summed E-state index contributed by atoms with van der Waals surface area (Å²) in [6, 6.07) is 10.7. The van der Waals surface area contributed by atoms with Crippen molar-refractivity contribution in [2.24, 2.45) is 0 Å². The van der Waals surface area contributed by atoms with Crippen LogP contribution in [-0.4, -0.2) is 15.0 Å². The first kappa shape index (κ1) is 8.80. The Balaban J connectivity index is 1.87. The molecule has 0 N–H and O–H groups in total. The summed E-state index contributed by atoms with van der Waals surface area (Å²) in [4.78, 5) is 0. The van der Waals surface area contributed by atoms with E-state index in [1.165, 1.54) is 17.3 Å². The Morgan fingerprint density at radius 2 is 2.00 bits per heavy atom. The van der Waals surface area contributed by atoms with Crippen LogP contribution in [0.1, 0.15) is 12.0 Å². The molecule has 0 heterocycles. The van der Waals surface area contributed by atoms with E-state index in [1.54, 1.807) is 4.47 Å². The molecule has 66 valence electrons. The molecule has 0 fully saturated rings. The quantitative estimate of drug-likeness (QED) is 0.707. The summed E-state index contributed by atoms with van der Waals surface area (Å²) in [7, 11) is 0. The van der Waals surface area contributed by atoms with Crippen LogP contribution in [0.5, 0.6) is 0 Å². The molecule has 0 atom stereocenters. The van der Waals surface area contributed by atoms with Gasteiger partial charge in [0.2, 0.25) is 0 Å². The maximum absolute atomic E-state index is 2.27. The van der Waals surface area contributed by atoms with Crippen molar-refractivity contribution < 1.29 is 0 Å². The van der Waals surface area contributed by atoms with Crippen molar-refractivity contribution in [1.82, 2.24) is 0 Å². The standard InChI is InChI=1S/C12H12Se/c1-2-6-11(7-3-1)10-13-12-8-4-5-9-12/h1-8H,9-10H2. The normalized spacial score (nSPS) is 14.6. The van der Waals surface area contributed by atoms with Crippen molar-refractivity contribution in [3.63, 3.8) is 0 Å². The van der Waals surface area contributed by atoms with Gasteiger partial charge in [-0.2, -0.15) is 0 Å². The molecule has 1 aromatic rings. The molecule has 1 heteroatoms. The second-order valence-corrected chi connectivity index (χ2v) is 5.35. The third-order valence-electron chi connectivity index (χ3n) is 2.00. The molecule has 0 spiro atoms. The van der Waals surface area contributed by atoms with Crippen LogP contribution in [0.4, 0.5) is 0 Å². The molecule has 1 aliphatic rings. The van der Waals surface area contributed by atoms with Gasteiger partial charge in [0.15, 0.2) is 0 Å². The van der Waals surface area contributed by atoms with Gasteiger partial charge in [0.1, 0.15) is 0 Å². The number of hydrogen-bond acceptors (Lipinski definition) is 0. The SMILES string of the molecule is C1=CCC([Se]Cc2ccccc2)=C1. The van der Waals surface area contributed by atoms with Crippen molar-refractivity contribution in [1.29, 1.82) is 0 Å². The van der Waals surface area contributed by atoms with Crippen molar-refractivity contribution >= 4 is 15.0 Å². The molecule has 0 unspecified atom stereocenters. The zero-order valence-corrected chi connectivity index (χ0v) is 9.15. The van der Waals surface area contributed by atoms with Gasteiger partial charge in [-0.05, 0) is 0 Å². The van der Waals surface area contributed by atoms with Gasteiger partial charge in [-0.15, -0.1) is 0 Å². The summed E-state index contributed by atoms with van der Waals surface area (Å²) in [6.07, 6.45) is 7.86. The van der Waals surface area contributed by atoms with E-state index in [0.29, 0.717) is 15.0 Å². The van der Waals surface area contributed by atoms with E-state index in [1.807, 2.05) is 0 Å². The Labute approximate surface area is 85.5 Å². The maximum atomic E-state index is 2.27. The second kappa shape index (κ2) is 4.45. The predicted octanol–water partition coefficient (Wildman–Crippen LogP) is 2.73. The zero-order valence-electron chi connectivity index (χ0n) is 7.44. The molecule has 0 radical (unpaired) electrons. The van der Waals surface area contributed by atoms with Gasteiger partial charge in [-0.25, -0.2) is 0 Å². The first-order valence-corrected chi connectivity index (χ1v) is 6.54. The minimum absolute atomic E-state index is 0.658. The molecule has 0 aliphatic heterocycles. The summed E-state index contributed by atoms with van der Waals surface area (Å²) in [5.41, 5.74) is 1.47. The van der Waals surface area contributed by atoms with E-state index < -0.39 is 0 Å². The fourth-order valence-electron chi connectivity index (χ4n) is 1.28. The first-order chi connectivity index (χ1) is 6.45. The Kier molecular flexibility index (Phi) is 3.02. The van der Waals surface area contributed by atoms with Crippen LogP contribution in [-0.2, 0) is 5.32 Å². The average molecular weight is 235 g/mol. The monoisotopic (exact) mass is 236 g/mol. The molecule has 0 saturated heterocycles. The fraction of sp³-hybridized carbons (Fsp3) is 0.167. The van der Waals surface area contributed by atoms with Crippen molar-refractivity contribution in [3.8, 4) is 0 Å². The van der Waals surface area contributed by atoms with Crippen LogP contribution in [0.25, 0.3) is 0 Å². The van der Waals surface area contributed by atoms with E-state index >= 15 is 0 Å². The molecule has 0 bridgehead atoms. The average Bonchev–Trinajstić information content (AvgIpc) is 2.69. The van der Waals surface area contributed by atoms with Gasteiger partial charge in [0.25, 0.3) is 0 Å². The third-order valence-corrected chi connectivity index (χ3v) is 4.42. The van der Waals surface area contributed by atoms with Gasteiger partial charge < -0.3 is 0 Å². The van der Waals surface area contributed by atoms with Crippen molar-refractivity contribution in [2.75, 3.05) is 0 Å². The van der Waals surface area contributed by atoms with E-state index in [9.17, 15) is 0 Å². The molecule has 0 aromatic heterocycles. The van der Waals surface area contributed by atoms with Crippen LogP contribution >= 0.6 is 0 Å². The van der Waals surface area contributed by atoms with E-state index in [2.05, 4.69) is 48.6 Å². The third kappa shape index (κ3) is 2.58. The van der Waals surface area contributed by atoms with Crippen molar-refractivity contribution in [2.45, 2.75) is 11.7 Å². The Hall–Kier alpha value is -0.781. The van der Waals surface area contributed by atoms with Gasteiger partial charge in [0.05, 0.1) is 0 Å². The summed E-state index contributed by atoms with van der Waals surface area (Å²) in [5.74, 6) is 0. The predicted molar refractivity (Wildman–Crippen MR) is 57.7 cm³/mol. The summed E-state index contributed by atoms with van der Waals surface area (Å²) in [6.45, 7) is 0. The van der Waals surface area contributed by atoms with Gasteiger partial charge in [-0.1, -0.05) is 0 Å². The Morgan fingerprint density at radius 3 is 2.69 bits per heavy atom. The molecule has 13 heavy (non-hydrogen) atoms. The Morgan fingerprint density at radius 1 is 1.15 bits per heavy atom. The first-order valence-electron chi connectivity index (χ1n) is 4.47. The molecule has 0 saturated carbocycles. The number of rotatable bonds is 3. The molecule has 2 rings (SSSR count). The van der Waals surface area contributed by atoms with Crippen molar-refractivity contribution in [3.05, 3.63) is 58.6 Å². The molecule has 1 aromatic carbocycles.